The molecule has 1 unspecified atom stereocenters. The Morgan fingerprint density at radius 3 is 2.00 bits per heavy atom. The van der Waals surface area contributed by atoms with Gasteiger partial charge in [-0.25, -0.2) is 17.8 Å². The molecule has 1 N–H and O–H groups in total. The number of rotatable bonds is 1. The summed E-state index contributed by atoms with van der Waals surface area (Å²) in [7, 11) is -3.03. The van der Waals surface area contributed by atoms with Gasteiger partial charge in [-0.2, -0.15) is 0 Å². The van der Waals surface area contributed by atoms with Crippen molar-refractivity contribution in [1.82, 2.24) is 0 Å². The molecule has 0 saturated heterocycles. The Morgan fingerprint density at radius 2 is 1.67 bits per heavy atom. The molecule has 66 valence electrons. The van der Waals surface area contributed by atoms with Crippen molar-refractivity contribution in [2.24, 2.45) is 0 Å². The van der Waals surface area contributed by atoms with Crippen molar-refractivity contribution < 1.29 is 13.0 Å². The lowest BCUT2D eigenvalue weighted by Crippen LogP contribution is -1.96. The van der Waals surface area contributed by atoms with E-state index in [1.165, 1.54) is 0 Å². The van der Waals surface area contributed by atoms with Crippen molar-refractivity contribution in [2.45, 2.75) is 4.90 Å². The van der Waals surface area contributed by atoms with Gasteiger partial charge in [-0.05, 0) is 12.1 Å². The zero-order valence-electron chi connectivity index (χ0n) is 6.30. The summed E-state index contributed by atoms with van der Waals surface area (Å²) in [4.78, 5) is -0.125. The minimum absolute atomic E-state index is 0.125. The summed E-state index contributed by atoms with van der Waals surface area (Å²) in [5.74, 6) is -1.63. The van der Waals surface area contributed by atoms with Crippen LogP contribution in [0.1, 0.15) is 0 Å². The van der Waals surface area contributed by atoms with Gasteiger partial charge < -0.3 is 0 Å². The summed E-state index contributed by atoms with van der Waals surface area (Å²) >= 11 is 0. The Balaban J connectivity index is 3.37. The molecule has 0 aromatic heterocycles. The van der Waals surface area contributed by atoms with Gasteiger partial charge in [0.15, 0.2) is 0 Å². The Hall–Kier alpha value is -0.970. The highest BCUT2D eigenvalue weighted by Gasteiger charge is 2.06. The summed E-state index contributed by atoms with van der Waals surface area (Å²) in [5, 5.41) is 0. The molecule has 0 saturated carbocycles. The summed E-state index contributed by atoms with van der Waals surface area (Å²) in [5.41, 5.74) is 0. The maximum atomic E-state index is 12.5. The van der Waals surface area contributed by atoms with Crippen LogP contribution in [0.2, 0.25) is 0 Å². The van der Waals surface area contributed by atoms with Crippen LogP contribution in [0.15, 0.2) is 23.1 Å². The maximum Gasteiger partial charge on any atom is 0.127 e. The summed E-state index contributed by atoms with van der Waals surface area (Å²) in [6.07, 6.45) is 1.11. The molecule has 0 heterocycles. The molecule has 0 aliphatic rings. The Kier molecular flexibility index (Phi) is 2.14. The van der Waals surface area contributed by atoms with Gasteiger partial charge in [0, 0.05) is 12.3 Å². The van der Waals surface area contributed by atoms with Gasteiger partial charge in [-0.15, -0.1) is 0 Å². The van der Waals surface area contributed by atoms with E-state index in [0.29, 0.717) is 6.07 Å². The quantitative estimate of drug-likeness (QED) is 0.724. The monoisotopic (exact) mass is 191 g/mol. The molecule has 1 rings (SSSR count). The number of nitrogens with one attached hydrogen (secondary N) is 1. The van der Waals surface area contributed by atoms with Crippen LogP contribution in [0.4, 0.5) is 8.78 Å². The third-order valence-electron chi connectivity index (χ3n) is 1.29. The van der Waals surface area contributed by atoms with Gasteiger partial charge in [0.05, 0.1) is 14.6 Å². The average molecular weight is 191 g/mol. The second-order valence-corrected chi connectivity index (χ2v) is 4.61. The third kappa shape index (κ3) is 2.01. The van der Waals surface area contributed by atoms with Crippen LogP contribution < -0.4 is 0 Å². The standard InChI is InChI=1S/C7H7F2NOS/c1-12(10,11)7-3-5(8)2-6(9)4-7/h2-4,10H,1H3. The molecule has 0 aliphatic heterocycles. The number of halogens is 2. The molecule has 2 nitrogen and oxygen atoms in total. The SMILES string of the molecule is CS(=N)(=O)c1cc(F)cc(F)c1. The minimum Gasteiger partial charge on any atom is -0.249 e. The largest absolute Gasteiger partial charge is 0.249 e. The lowest BCUT2D eigenvalue weighted by Gasteiger charge is -2.00. The van der Waals surface area contributed by atoms with Crippen molar-refractivity contribution in [3.63, 3.8) is 0 Å². The fraction of sp³-hybridized carbons (Fsp3) is 0.143. The van der Waals surface area contributed by atoms with Crippen LogP contribution >= 0.6 is 0 Å². The van der Waals surface area contributed by atoms with Crippen LogP contribution in [0.5, 0.6) is 0 Å². The fourth-order valence-corrected chi connectivity index (χ4v) is 1.43. The van der Waals surface area contributed by atoms with E-state index in [2.05, 4.69) is 0 Å². The molecule has 1 aromatic carbocycles. The van der Waals surface area contributed by atoms with E-state index >= 15 is 0 Å². The smallest absolute Gasteiger partial charge is 0.127 e. The minimum atomic E-state index is -3.03. The molecule has 1 aromatic rings. The van der Waals surface area contributed by atoms with Gasteiger partial charge in [0.1, 0.15) is 11.6 Å². The van der Waals surface area contributed by atoms with E-state index in [9.17, 15) is 13.0 Å². The van der Waals surface area contributed by atoms with Crippen LogP contribution in [-0.4, -0.2) is 10.5 Å². The zero-order valence-corrected chi connectivity index (χ0v) is 7.12. The summed E-state index contributed by atoms with van der Waals surface area (Å²) < 4.78 is 43.1. The predicted octanol–water partition coefficient (Wildman–Crippen LogP) is 2.00. The summed E-state index contributed by atoms with van der Waals surface area (Å²) in [6, 6.07) is 2.48. The lowest BCUT2D eigenvalue weighted by molar-refractivity contribution is 0.575. The number of hydrogen-bond acceptors (Lipinski definition) is 2. The molecule has 0 radical (unpaired) electrons. The maximum absolute atomic E-state index is 12.5. The first-order valence-corrected chi connectivity index (χ1v) is 5.06. The highest BCUT2D eigenvalue weighted by Crippen LogP contribution is 2.13. The van der Waals surface area contributed by atoms with Crippen molar-refractivity contribution >= 4 is 9.73 Å². The van der Waals surface area contributed by atoms with E-state index in [1.54, 1.807) is 0 Å². The predicted molar refractivity (Wildman–Crippen MR) is 41.4 cm³/mol. The second-order valence-electron chi connectivity index (χ2n) is 2.45. The number of hydrogen-bond donors (Lipinski definition) is 1. The highest BCUT2D eigenvalue weighted by molar-refractivity contribution is 7.91. The first kappa shape index (κ1) is 9.12. The zero-order chi connectivity index (χ0) is 9.35. The van der Waals surface area contributed by atoms with Crippen molar-refractivity contribution in [1.29, 1.82) is 4.78 Å². The van der Waals surface area contributed by atoms with E-state index in [1.807, 2.05) is 0 Å². The molecule has 1 atom stereocenters. The lowest BCUT2D eigenvalue weighted by atomic mass is 10.3. The topological polar surface area (TPSA) is 40.9 Å². The molecule has 0 aliphatic carbocycles. The van der Waals surface area contributed by atoms with E-state index in [4.69, 9.17) is 4.78 Å². The van der Waals surface area contributed by atoms with Gasteiger partial charge in [-0.1, -0.05) is 0 Å². The van der Waals surface area contributed by atoms with Crippen LogP contribution in [0, 0.1) is 16.4 Å². The molecule has 12 heavy (non-hydrogen) atoms. The molecule has 0 amide bonds. The molecule has 0 bridgehead atoms. The van der Waals surface area contributed by atoms with Crippen molar-refractivity contribution in [2.75, 3.05) is 6.26 Å². The number of benzene rings is 1. The molecular formula is C7H7F2NOS. The first-order chi connectivity index (χ1) is 5.39. The average Bonchev–Trinajstić information content (AvgIpc) is 1.82. The van der Waals surface area contributed by atoms with E-state index in [0.717, 1.165) is 18.4 Å². The first-order valence-electron chi connectivity index (χ1n) is 3.09. The Morgan fingerprint density at radius 1 is 1.25 bits per heavy atom. The fourth-order valence-electron chi connectivity index (χ4n) is 0.753. The van der Waals surface area contributed by atoms with E-state index in [-0.39, 0.29) is 4.90 Å². The molecule has 0 spiro atoms. The molecule has 5 heteroatoms. The van der Waals surface area contributed by atoms with Gasteiger partial charge >= 0.3 is 0 Å². The van der Waals surface area contributed by atoms with Crippen LogP contribution in [0.3, 0.4) is 0 Å². The van der Waals surface area contributed by atoms with Crippen molar-refractivity contribution in [3.8, 4) is 0 Å². The van der Waals surface area contributed by atoms with Crippen molar-refractivity contribution in [3.05, 3.63) is 29.8 Å². The van der Waals surface area contributed by atoms with Gasteiger partial charge in [-0.3, -0.25) is 0 Å². The molecule has 0 fully saturated rings. The van der Waals surface area contributed by atoms with Gasteiger partial charge in [0.25, 0.3) is 0 Å². The normalized spacial score (nSPS) is 15.6. The van der Waals surface area contributed by atoms with Gasteiger partial charge in [0.2, 0.25) is 0 Å². The Labute approximate surface area is 69.2 Å². The van der Waals surface area contributed by atoms with E-state index < -0.39 is 21.4 Å². The molecular weight excluding hydrogens is 184 g/mol. The Bertz CT molecular complexity index is 380. The summed E-state index contributed by atoms with van der Waals surface area (Å²) in [6.45, 7) is 0. The van der Waals surface area contributed by atoms with Crippen LogP contribution in [-0.2, 0) is 9.73 Å². The third-order valence-corrected chi connectivity index (χ3v) is 2.42. The highest BCUT2D eigenvalue weighted by atomic mass is 32.2. The second kappa shape index (κ2) is 2.82. The van der Waals surface area contributed by atoms with Crippen LogP contribution in [0.25, 0.3) is 0 Å².